The fourth-order valence-corrected chi connectivity index (χ4v) is 4.29. The van der Waals surface area contributed by atoms with Crippen LogP contribution in [0.25, 0.3) is 0 Å². The van der Waals surface area contributed by atoms with Crippen molar-refractivity contribution in [2.75, 3.05) is 13.1 Å². The first-order valence-corrected chi connectivity index (χ1v) is 8.48. The monoisotopic (exact) mass is 293 g/mol. The van der Waals surface area contributed by atoms with Gasteiger partial charge in [-0.05, 0) is 45.6 Å². The van der Waals surface area contributed by atoms with Crippen molar-refractivity contribution in [2.24, 2.45) is 0 Å². The SMILES string of the molecule is CCCC1NC(=O)C(C)N(C2CCN3CCCC3C2)C1=O. The average molecular weight is 293 g/mol. The second kappa shape index (κ2) is 5.95. The fraction of sp³-hybridized carbons (Fsp3) is 0.875. The maximum absolute atomic E-state index is 12.8. The summed E-state index contributed by atoms with van der Waals surface area (Å²) in [7, 11) is 0. The van der Waals surface area contributed by atoms with Crippen LogP contribution in [0.2, 0.25) is 0 Å². The van der Waals surface area contributed by atoms with Crippen molar-refractivity contribution < 1.29 is 9.59 Å². The van der Waals surface area contributed by atoms with E-state index in [2.05, 4.69) is 17.1 Å². The van der Waals surface area contributed by atoms with Crippen molar-refractivity contribution in [3.05, 3.63) is 0 Å². The third-order valence-corrected chi connectivity index (χ3v) is 5.43. The van der Waals surface area contributed by atoms with Gasteiger partial charge in [-0.3, -0.25) is 9.59 Å². The third kappa shape index (κ3) is 2.68. The topological polar surface area (TPSA) is 52.7 Å². The molecule has 0 aromatic rings. The van der Waals surface area contributed by atoms with E-state index in [0.717, 1.165) is 32.2 Å². The Hall–Kier alpha value is -1.10. The molecular weight excluding hydrogens is 266 g/mol. The van der Waals surface area contributed by atoms with Crippen molar-refractivity contribution in [1.82, 2.24) is 15.1 Å². The average Bonchev–Trinajstić information content (AvgIpc) is 2.93. The number of hydrogen-bond acceptors (Lipinski definition) is 3. The predicted octanol–water partition coefficient (Wildman–Crippen LogP) is 1.13. The summed E-state index contributed by atoms with van der Waals surface area (Å²) in [5.41, 5.74) is 0. The Kier molecular flexibility index (Phi) is 4.20. The molecule has 4 unspecified atom stereocenters. The molecule has 3 saturated heterocycles. The summed E-state index contributed by atoms with van der Waals surface area (Å²) in [6.07, 6.45) is 6.24. The molecule has 1 N–H and O–H groups in total. The Morgan fingerprint density at radius 1 is 1.19 bits per heavy atom. The number of fused-ring (bicyclic) bond motifs is 1. The summed E-state index contributed by atoms with van der Waals surface area (Å²) in [5, 5.41) is 2.89. The molecule has 0 spiro atoms. The minimum atomic E-state index is -0.316. The van der Waals surface area contributed by atoms with Crippen molar-refractivity contribution in [3.8, 4) is 0 Å². The van der Waals surface area contributed by atoms with Gasteiger partial charge in [0, 0.05) is 18.6 Å². The van der Waals surface area contributed by atoms with Gasteiger partial charge in [-0.15, -0.1) is 0 Å². The van der Waals surface area contributed by atoms with E-state index in [4.69, 9.17) is 0 Å². The van der Waals surface area contributed by atoms with Gasteiger partial charge in [-0.25, -0.2) is 0 Å². The maximum atomic E-state index is 12.8. The minimum Gasteiger partial charge on any atom is -0.343 e. The van der Waals surface area contributed by atoms with E-state index in [1.807, 2.05) is 11.8 Å². The highest BCUT2D eigenvalue weighted by Gasteiger charge is 2.44. The van der Waals surface area contributed by atoms with Gasteiger partial charge in [-0.2, -0.15) is 0 Å². The minimum absolute atomic E-state index is 0.0156. The molecule has 21 heavy (non-hydrogen) atoms. The number of hydrogen-bond donors (Lipinski definition) is 1. The van der Waals surface area contributed by atoms with Crippen molar-refractivity contribution >= 4 is 11.8 Å². The van der Waals surface area contributed by atoms with Gasteiger partial charge >= 0.3 is 0 Å². The molecule has 0 aromatic heterocycles. The molecule has 4 atom stereocenters. The smallest absolute Gasteiger partial charge is 0.246 e. The summed E-state index contributed by atoms with van der Waals surface area (Å²) in [6, 6.07) is 0.250. The number of piperazine rings is 1. The number of amides is 2. The van der Waals surface area contributed by atoms with Gasteiger partial charge in [0.25, 0.3) is 0 Å². The Labute approximate surface area is 127 Å². The summed E-state index contributed by atoms with van der Waals surface area (Å²) < 4.78 is 0. The van der Waals surface area contributed by atoms with E-state index in [0.29, 0.717) is 6.04 Å². The van der Waals surface area contributed by atoms with Crippen LogP contribution >= 0.6 is 0 Å². The summed E-state index contributed by atoms with van der Waals surface area (Å²) in [4.78, 5) is 29.4. The first-order valence-electron chi connectivity index (χ1n) is 8.48. The number of nitrogens with zero attached hydrogens (tertiary/aromatic N) is 2. The molecule has 2 amide bonds. The first-order chi connectivity index (χ1) is 10.1. The number of nitrogens with one attached hydrogen (secondary N) is 1. The van der Waals surface area contributed by atoms with E-state index in [-0.39, 0.29) is 29.9 Å². The number of rotatable bonds is 3. The second-order valence-corrected chi connectivity index (χ2v) is 6.78. The lowest BCUT2D eigenvalue weighted by Crippen LogP contribution is -2.66. The highest BCUT2D eigenvalue weighted by Crippen LogP contribution is 2.31. The lowest BCUT2D eigenvalue weighted by Gasteiger charge is -2.46. The van der Waals surface area contributed by atoms with Crippen LogP contribution < -0.4 is 5.32 Å². The van der Waals surface area contributed by atoms with Gasteiger partial charge in [0.05, 0.1) is 0 Å². The van der Waals surface area contributed by atoms with Crippen LogP contribution in [0.3, 0.4) is 0 Å². The molecule has 5 nitrogen and oxygen atoms in total. The highest BCUT2D eigenvalue weighted by molar-refractivity contribution is 5.96. The summed E-state index contributed by atoms with van der Waals surface area (Å²) >= 11 is 0. The molecule has 3 aliphatic rings. The predicted molar refractivity (Wildman–Crippen MR) is 80.8 cm³/mol. The lowest BCUT2D eigenvalue weighted by molar-refractivity contribution is -0.153. The van der Waals surface area contributed by atoms with Gasteiger partial charge in [-0.1, -0.05) is 13.3 Å². The lowest BCUT2D eigenvalue weighted by atomic mass is 9.92. The van der Waals surface area contributed by atoms with E-state index in [1.54, 1.807) is 0 Å². The van der Waals surface area contributed by atoms with E-state index >= 15 is 0 Å². The molecule has 3 fully saturated rings. The molecule has 118 valence electrons. The molecule has 5 heteroatoms. The molecule has 3 aliphatic heterocycles. The molecule has 0 radical (unpaired) electrons. The van der Waals surface area contributed by atoms with Gasteiger partial charge < -0.3 is 15.1 Å². The highest BCUT2D eigenvalue weighted by atomic mass is 16.2. The fourth-order valence-electron chi connectivity index (χ4n) is 4.29. The van der Waals surface area contributed by atoms with Crippen LogP contribution in [0.1, 0.15) is 52.4 Å². The van der Waals surface area contributed by atoms with Gasteiger partial charge in [0.2, 0.25) is 11.8 Å². The quantitative estimate of drug-likeness (QED) is 0.848. The Balaban J connectivity index is 1.74. The number of carbonyl (C=O) groups is 2. The Morgan fingerprint density at radius 2 is 2.00 bits per heavy atom. The van der Waals surface area contributed by atoms with E-state index < -0.39 is 0 Å². The summed E-state index contributed by atoms with van der Waals surface area (Å²) in [6.45, 7) is 6.21. The van der Waals surface area contributed by atoms with Crippen LogP contribution in [0.4, 0.5) is 0 Å². The van der Waals surface area contributed by atoms with Crippen LogP contribution in [-0.2, 0) is 9.59 Å². The van der Waals surface area contributed by atoms with Crippen molar-refractivity contribution in [2.45, 2.75) is 76.5 Å². The van der Waals surface area contributed by atoms with Crippen molar-refractivity contribution in [1.29, 1.82) is 0 Å². The molecule has 0 aliphatic carbocycles. The van der Waals surface area contributed by atoms with Gasteiger partial charge in [0.1, 0.15) is 12.1 Å². The zero-order valence-electron chi connectivity index (χ0n) is 13.2. The van der Waals surface area contributed by atoms with E-state index in [9.17, 15) is 9.59 Å². The molecule has 0 saturated carbocycles. The molecule has 0 aromatic carbocycles. The Bertz CT molecular complexity index is 426. The standard InChI is InChI=1S/C16H27N3O2/c1-3-5-14-16(21)19(11(2)15(20)17-14)13-7-9-18-8-4-6-12(18)10-13/h11-14H,3-10H2,1-2H3,(H,17,20). The van der Waals surface area contributed by atoms with Gasteiger partial charge in [0.15, 0.2) is 0 Å². The largest absolute Gasteiger partial charge is 0.343 e. The van der Waals surface area contributed by atoms with E-state index in [1.165, 1.54) is 19.4 Å². The van der Waals surface area contributed by atoms with Crippen LogP contribution in [0.5, 0.6) is 0 Å². The van der Waals surface area contributed by atoms with Crippen LogP contribution in [0, 0.1) is 0 Å². The van der Waals surface area contributed by atoms with Crippen LogP contribution in [0.15, 0.2) is 0 Å². The summed E-state index contributed by atoms with van der Waals surface area (Å²) in [5.74, 6) is 0.155. The third-order valence-electron chi connectivity index (χ3n) is 5.43. The zero-order chi connectivity index (χ0) is 15.0. The first kappa shape index (κ1) is 14.8. The number of carbonyl (C=O) groups excluding carboxylic acids is 2. The Morgan fingerprint density at radius 3 is 2.76 bits per heavy atom. The molecule has 3 heterocycles. The molecule has 3 rings (SSSR count). The zero-order valence-corrected chi connectivity index (χ0v) is 13.2. The van der Waals surface area contributed by atoms with Crippen molar-refractivity contribution in [3.63, 3.8) is 0 Å². The maximum Gasteiger partial charge on any atom is 0.246 e. The second-order valence-electron chi connectivity index (χ2n) is 6.78. The molecular formula is C16H27N3O2. The van der Waals surface area contributed by atoms with Crippen LogP contribution in [-0.4, -0.2) is 58.9 Å². The normalized spacial score (nSPS) is 37.5. The molecule has 0 bridgehead atoms. The number of piperidine rings is 1.